The van der Waals surface area contributed by atoms with Crippen LogP contribution in [0.1, 0.15) is 38.5 Å². The first-order valence-corrected chi connectivity index (χ1v) is 9.49. The molecule has 0 spiro atoms. The highest BCUT2D eigenvalue weighted by Gasteiger charge is 2.19. The first-order valence-electron chi connectivity index (χ1n) is 9.49. The van der Waals surface area contributed by atoms with Crippen LogP contribution in [0.3, 0.4) is 0 Å². The van der Waals surface area contributed by atoms with Crippen molar-refractivity contribution in [2.45, 2.75) is 51.9 Å². The number of benzene rings is 1. The molecule has 0 amide bonds. The monoisotopic (exact) mass is 355 g/mol. The maximum Gasteiger partial charge on any atom is 0.264 e. The molecule has 0 atom stereocenters. The normalized spacial score (nSPS) is 15.7. The van der Waals surface area contributed by atoms with Gasteiger partial charge in [-0.25, -0.2) is 0 Å². The summed E-state index contributed by atoms with van der Waals surface area (Å²) in [6.45, 7) is 4.48. The summed E-state index contributed by atoms with van der Waals surface area (Å²) in [7, 11) is 0. The Morgan fingerprint density at radius 3 is 2.85 bits per heavy atom. The van der Waals surface area contributed by atoms with Crippen LogP contribution in [0.2, 0.25) is 0 Å². The zero-order valence-corrected chi connectivity index (χ0v) is 15.2. The molecule has 0 saturated carbocycles. The number of rotatable bonds is 7. The second-order valence-electron chi connectivity index (χ2n) is 6.66. The molecule has 2 aromatic heterocycles. The van der Waals surface area contributed by atoms with Crippen molar-refractivity contribution in [3.05, 3.63) is 36.2 Å². The summed E-state index contributed by atoms with van der Waals surface area (Å²) in [6, 6.07) is 10.4. The predicted molar refractivity (Wildman–Crippen MR) is 98.8 cm³/mol. The third-order valence-corrected chi connectivity index (χ3v) is 4.73. The number of nitrogens with zero attached hydrogens (tertiary/aromatic N) is 3. The minimum atomic E-state index is -0.138. The van der Waals surface area contributed by atoms with E-state index in [1.54, 1.807) is 0 Å². The van der Waals surface area contributed by atoms with Crippen molar-refractivity contribution in [2.75, 3.05) is 13.2 Å². The van der Waals surface area contributed by atoms with Gasteiger partial charge in [-0.3, -0.25) is 0 Å². The molecule has 4 rings (SSSR count). The van der Waals surface area contributed by atoms with Gasteiger partial charge in [0.2, 0.25) is 5.89 Å². The number of fused-ring (bicyclic) bond motifs is 1. The van der Waals surface area contributed by atoms with Crippen molar-refractivity contribution < 1.29 is 13.9 Å². The van der Waals surface area contributed by atoms with Gasteiger partial charge in [0, 0.05) is 30.3 Å². The van der Waals surface area contributed by atoms with Gasteiger partial charge in [-0.1, -0.05) is 31.5 Å². The van der Waals surface area contributed by atoms with Crippen LogP contribution in [-0.2, 0) is 22.4 Å². The lowest BCUT2D eigenvalue weighted by Gasteiger charge is -2.23. The Hall–Kier alpha value is -2.18. The van der Waals surface area contributed by atoms with Crippen LogP contribution in [0, 0.1) is 0 Å². The topological polar surface area (TPSA) is 62.3 Å². The number of aryl methyl sites for hydroxylation is 2. The Bertz CT molecular complexity index is 849. The number of aromatic nitrogens is 3. The first-order chi connectivity index (χ1) is 12.8. The number of ether oxygens (including phenoxy) is 2. The van der Waals surface area contributed by atoms with Crippen molar-refractivity contribution in [3.8, 4) is 11.6 Å². The lowest BCUT2D eigenvalue weighted by molar-refractivity contribution is -0.182. The Labute approximate surface area is 153 Å². The molecule has 1 aliphatic rings. The van der Waals surface area contributed by atoms with Gasteiger partial charge in [-0.2, -0.15) is 0 Å². The van der Waals surface area contributed by atoms with E-state index in [-0.39, 0.29) is 6.29 Å². The van der Waals surface area contributed by atoms with Crippen molar-refractivity contribution in [2.24, 2.45) is 0 Å². The minimum absolute atomic E-state index is 0.138. The average molecular weight is 355 g/mol. The molecular weight excluding hydrogens is 330 g/mol. The lowest BCUT2D eigenvalue weighted by atomic mass is 10.2. The van der Waals surface area contributed by atoms with E-state index in [9.17, 15) is 0 Å². The zero-order valence-electron chi connectivity index (χ0n) is 15.2. The van der Waals surface area contributed by atoms with Gasteiger partial charge in [0.15, 0.2) is 6.29 Å². The van der Waals surface area contributed by atoms with E-state index in [0.29, 0.717) is 11.8 Å². The van der Waals surface area contributed by atoms with Gasteiger partial charge in [0.1, 0.15) is 5.69 Å². The van der Waals surface area contributed by atoms with Crippen molar-refractivity contribution >= 4 is 10.9 Å². The summed E-state index contributed by atoms with van der Waals surface area (Å²) in [5.41, 5.74) is 2.11. The second-order valence-corrected chi connectivity index (χ2v) is 6.66. The molecule has 0 aliphatic carbocycles. The molecule has 26 heavy (non-hydrogen) atoms. The number of hydrogen-bond donors (Lipinski definition) is 0. The Morgan fingerprint density at radius 2 is 2.00 bits per heavy atom. The van der Waals surface area contributed by atoms with E-state index in [1.807, 2.05) is 6.07 Å². The van der Waals surface area contributed by atoms with Gasteiger partial charge in [-0.05, 0) is 25.0 Å². The molecule has 3 heterocycles. The molecule has 6 nitrogen and oxygen atoms in total. The Morgan fingerprint density at radius 1 is 1.15 bits per heavy atom. The van der Waals surface area contributed by atoms with Crippen molar-refractivity contribution in [1.82, 2.24) is 14.8 Å². The van der Waals surface area contributed by atoms with Crippen LogP contribution >= 0.6 is 0 Å². The molecular formula is C20H25N3O3. The van der Waals surface area contributed by atoms with Crippen LogP contribution in [0.4, 0.5) is 0 Å². The molecule has 0 radical (unpaired) electrons. The fourth-order valence-corrected chi connectivity index (χ4v) is 3.35. The van der Waals surface area contributed by atoms with Crippen LogP contribution in [0.5, 0.6) is 0 Å². The summed E-state index contributed by atoms with van der Waals surface area (Å²) in [5.74, 6) is 1.29. The van der Waals surface area contributed by atoms with Gasteiger partial charge < -0.3 is 18.5 Å². The number of para-hydroxylation sites is 1. The highest BCUT2D eigenvalue weighted by molar-refractivity contribution is 5.85. The SMILES string of the molecule is CCCCc1nnc(-c2cc3ccccc3n2CCC2OCCCO2)o1. The molecule has 1 fully saturated rings. The largest absolute Gasteiger partial charge is 0.419 e. The van der Waals surface area contributed by atoms with E-state index in [4.69, 9.17) is 13.9 Å². The Balaban J connectivity index is 1.61. The quantitative estimate of drug-likeness (QED) is 0.636. The highest BCUT2D eigenvalue weighted by Crippen LogP contribution is 2.28. The second kappa shape index (κ2) is 8.01. The first kappa shape index (κ1) is 17.2. The predicted octanol–water partition coefficient (Wildman–Crippen LogP) is 4.19. The molecule has 0 N–H and O–H groups in total. The van der Waals surface area contributed by atoms with E-state index < -0.39 is 0 Å². The Kier molecular flexibility index (Phi) is 5.32. The van der Waals surface area contributed by atoms with Gasteiger partial charge in [0.05, 0.1) is 13.2 Å². The molecule has 138 valence electrons. The van der Waals surface area contributed by atoms with Crippen molar-refractivity contribution in [1.29, 1.82) is 0 Å². The summed E-state index contributed by atoms with van der Waals surface area (Å²) in [4.78, 5) is 0. The molecule has 1 saturated heterocycles. The molecule has 1 aromatic carbocycles. The molecule has 0 unspecified atom stereocenters. The highest BCUT2D eigenvalue weighted by atomic mass is 16.7. The lowest BCUT2D eigenvalue weighted by Crippen LogP contribution is -2.26. The van der Waals surface area contributed by atoms with E-state index in [1.165, 1.54) is 5.39 Å². The smallest absolute Gasteiger partial charge is 0.264 e. The van der Waals surface area contributed by atoms with Crippen molar-refractivity contribution in [3.63, 3.8) is 0 Å². The fraction of sp³-hybridized carbons (Fsp3) is 0.500. The van der Waals surface area contributed by atoms with Gasteiger partial charge in [-0.15, -0.1) is 10.2 Å². The van der Waals surface area contributed by atoms with Crippen LogP contribution in [0.25, 0.3) is 22.5 Å². The molecule has 1 aliphatic heterocycles. The zero-order chi connectivity index (χ0) is 17.8. The fourth-order valence-electron chi connectivity index (χ4n) is 3.35. The van der Waals surface area contributed by atoms with E-state index in [2.05, 4.69) is 46.0 Å². The molecule has 0 bridgehead atoms. The average Bonchev–Trinajstić information content (AvgIpc) is 3.30. The van der Waals surface area contributed by atoms with Crippen LogP contribution in [-0.4, -0.2) is 34.3 Å². The third-order valence-electron chi connectivity index (χ3n) is 4.73. The molecule has 6 heteroatoms. The maximum absolute atomic E-state index is 5.93. The van der Waals surface area contributed by atoms with Crippen LogP contribution in [0.15, 0.2) is 34.7 Å². The third kappa shape index (κ3) is 3.66. The number of hydrogen-bond acceptors (Lipinski definition) is 5. The van der Waals surface area contributed by atoms with E-state index >= 15 is 0 Å². The minimum Gasteiger partial charge on any atom is -0.419 e. The number of unbranched alkanes of at least 4 members (excludes halogenated alkanes) is 1. The van der Waals surface area contributed by atoms with Crippen LogP contribution < -0.4 is 0 Å². The summed E-state index contributed by atoms with van der Waals surface area (Å²) in [5, 5.41) is 9.67. The maximum atomic E-state index is 5.93. The summed E-state index contributed by atoms with van der Waals surface area (Å²) >= 11 is 0. The van der Waals surface area contributed by atoms with Gasteiger partial charge in [0.25, 0.3) is 5.89 Å². The van der Waals surface area contributed by atoms with Gasteiger partial charge >= 0.3 is 0 Å². The standard InChI is InChI=1S/C20H25N3O3/c1-2-3-9-18-21-22-20(26-18)17-14-15-7-4-5-8-16(15)23(17)11-10-19-24-12-6-13-25-19/h4-5,7-8,14,19H,2-3,6,9-13H2,1H3. The summed E-state index contributed by atoms with van der Waals surface area (Å²) in [6.07, 6.45) is 4.62. The molecule has 3 aromatic rings. The summed E-state index contributed by atoms with van der Waals surface area (Å²) < 4.78 is 19.5. The van der Waals surface area contributed by atoms with E-state index in [0.717, 1.165) is 63.1 Å².